The number of hydrogen-bond donors (Lipinski definition) is 1. The number of halogens is 1. The van der Waals surface area contributed by atoms with Gasteiger partial charge < -0.3 is 15.0 Å². The second-order valence-corrected chi connectivity index (χ2v) is 11.8. The molecular weight excluding hydrogens is 514 g/mol. The Hall–Kier alpha value is -2.78. The molecule has 1 fully saturated rings. The first-order valence-electron chi connectivity index (χ1n) is 12.5. The van der Waals surface area contributed by atoms with Crippen LogP contribution in [0.25, 0.3) is 0 Å². The van der Waals surface area contributed by atoms with Crippen molar-refractivity contribution in [2.45, 2.75) is 64.6 Å². The van der Waals surface area contributed by atoms with E-state index >= 15 is 0 Å². The highest BCUT2D eigenvalue weighted by Crippen LogP contribution is 2.30. The maximum absolute atomic E-state index is 13.8. The number of hydrogen-bond acceptors (Lipinski definition) is 5. The molecule has 1 N–H and O–H groups in total. The summed E-state index contributed by atoms with van der Waals surface area (Å²) >= 11 is 6.24. The zero-order valence-corrected chi connectivity index (χ0v) is 23.4. The summed E-state index contributed by atoms with van der Waals surface area (Å²) in [6, 6.07) is 11.6. The molecule has 2 amide bonds. The molecule has 1 atom stereocenters. The molecule has 1 aliphatic carbocycles. The molecule has 37 heavy (non-hydrogen) atoms. The summed E-state index contributed by atoms with van der Waals surface area (Å²) in [5.74, 6) is -0.305. The maximum atomic E-state index is 13.8. The lowest BCUT2D eigenvalue weighted by atomic mass is 10.1. The molecular formula is C27H36ClN3O5S. The molecule has 2 aromatic rings. The second kappa shape index (κ2) is 12.6. The van der Waals surface area contributed by atoms with Gasteiger partial charge in [-0.2, -0.15) is 0 Å². The Morgan fingerprint density at radius 3 is 2.32 bits per heavy atom. The van der Waals surface area contributed by atoms with Gasteiger partial charge in [0.1, 0.15) is 18.3 Å². The van der Waals surface area contributed by atoms with E-state index in [-0.39, 0.29) is 29.2 Å². The average molecular weight is 550 g/mol. The normalized spacial score (nSPS) is 14.7. The highest BCUT2D eigenvalue weighted by Gasteiger charge is 2.33. The molecule has 3 rings (SSSR count). The van der Waals surface area contributed by atoms with Gasteiger partial charge in [0.25, 0.3) is 0 Å². The van der Waals surface area contributed by atoms with E-state index < -0.39 is 28.5 Å². The fraction of sp³-hybridized carbons (Fsp3) is 0.481. The molecule has 0 unspecified atom stereocenters. The standard InChI is InChI=1S/C27H36ClN3O5S/c1-5-24(27(33)29-21-8-6-7-9-21)30(17-20-12-10-19(2)11-13-20)26(32)18-31(37(4,34)35)22-14-15-25(36-3)23(28)16-22/h10-16,21,24H,5-9,17-18H2,1-4H3,(H,29,33)/t24-/m1/s1. The number of amides is 2. The van der Waals surface area contributed by atoms with Crippen molar-refractivity contribution >= 4 is 39.1 Å². The molecule has 8 nitrogen and oxygen atoms in total. The molecule has 1 saturated carbocycles. The number of nitrogens with zero attached hydrogens (tertiary/aromatic N) is 2. The van der Waals surface area contributed by atoms with Crippen LogP contribution < -0.4 is 14.4 Å². The summed E-state index contributed by atoms with van der Waals surface area (Å²) in [5.41, 5.74) is 2.16. The molecule has 202 valence electrons. The Labute approximate surface area is 225 Å². The van der Waals surface area contributed by atoms with Gasteiger partial charge in [-0.25, -0.2) is 8.42 Å². The number of ether oxygens (including phenoxy) is 1. The van der Waals surface area contributed by atoms with E-state index in [1.165, 1.54) is 24.1 Å². The number of carbonyl (C=O) groups is 2. The van der Waals surface area contributed by atoms with Crippen LogP contribution in [0.15, 0.2) is 42.5 Å². The molecule has 0 aliphatic heterocycles. The fourth-order valence-electron chi connectivity index (χ4n) is 4.60. The smallest absolute Gasteiger partial charge is 0.244 e. The van der Waals surface area contributed by atoms with E-state index in [1.54, 1.807) is 6.07 Å². The van der Waals surface area contributed by atoms with Gasteiger partial charge in [0.05, 0.1) is 24.1 Å². The third kappa shape index (κ3) is 7.61. The van der Waals surface area contributed by atoms with E-state index in [4.69, 9.17) is 16.3 Å². The largest absolute Gasteiger partial charge is 0.495 e. The Bertz CT molecular complexity index is 1200. The molecule has 0 radical (unpaired) electrons. The van der Waals surface area contributed by atoms with Crippen LogP contribution in [0.4, 0.5) is 5.69 Å². The van der Waals surface area contributed by atoms with Gasteiger partial charge in [-0.3, -0.25) is 13.9 Å². The molecule has 1 aliphatic rings. The van der Waals surface area contributed by atoms with Gasteiger partial charge in [-0.1, -0.05) is 61.2 Å². The van der Waals surface area contributed by atoms with Crippen molar-refractivity contribution in [3.63, 3.8) is 0 Å². The Kier molecular flexibility index (Phi) is 9.84. The number of benzene rings is 2. The summed E-state index contributed by atoms with van der Waals surface area (Å²) in [7, 11) is -2.39. The number of aryl methyl sites for hydroxylation is 1. The summed E-state index contributed by atoms with van der Waals surface area (Å²) in [4.78, 5) is 28.6. The number of rotatable bonds is 11. The molecule has 0 saturated heterocycles. The van der Waals surface area contributed by atoms with Crippen molar-refractivity contribution in [1.29, 1.82) is 0 Å². The van der Waals surface area contributed by atoms with Crippen molar-refractivity contribution in [2.75, 3.05) is 24.2 Å². The molecule has 0 aromatic heterocycles. The van der Waals surface area contributed by atoms with Crippen LogP contribution in [-0.2, 0) is 26.2 Å². The molecule has 0 spiro atoms. The van der Waals surface area contributed by atoms with Crippen LogP contribution in [0.5, 0.6) is 5.75 Å². The van der Waals surface area contributed by atoms with E-state index in [2.05, 4.69) is 5.32 Å². The third-order valence-corrected chi connectivity index (χ3v) is 8.10. The lowest BCUT2D eigenvalue weighted by molar-refractivity contribution is -0.140. The monoisotopic (exact) mass is 549 g/mol. The summed E-state index contributed by atoms with van der Waals surface area (Å²) in [5, 5.41) is 3.32. The average Bonchev–Trinajstić information content (AvgIpc) is 3.35. The highest BCUT2D eigenvalue weighted by atomic mass is 35.5. The van der Waals surface area contributed by atoms with Crippen LogP contribution in [-0.4, -0.2) is 57.1 Å². The second-order valence-electron chi connectivity index (χ2n) is 9.51. The Balaban J connectivity index is 1.93. The van der Waals surface area contributed by atoms with Crippen LogP contribution in [0.3, 0.4) is 0 Å². The van der Waals surface area contributed by atoms with E-state index in [0.29, 0.717) is 12.2 Å². The van der Waals surface area contributed by atoms with Crippen molar-refractivity contribution in [3.05, 3.63) is 58.6 Å². The fourth-order valence-corrected chi connectivity index (χ4v) is 5.69. The maximum Gasteiger partial charge on any atom is 0.244 e. The van der Waals surface area contributed by atoms with Crippen LogP contribution in [0.1, 0.15) is 50.2 Å². The van der Waals surface area contributed by atoms with E-state index in [1.807, 2.05) is 38.1 Å². The van der Waals surface area contributed by atoms with Gasteiger partial charge in [0, 0.05) is 12.6 Å². The van der Waals surface area contributed by atoms with Crippen molar-refractivity contribution < 1.29 is 22.7 Å². The lowest BCUT2D eigenvalue weighted by Crippen LogP contribution is -2.53. The summed E-state index contributed by atoms with van der Waals surface area (Å²) < 4.78 is 31.7. The van der Waals surface area contributed by atoms with Gasteiger partial charge in [0.15, 0.2) is 0 Å². The first kappa shape index (κ1) is 28.8. The Morgan fingerprint density at radius 2 is 1.78 bits per heavy atom. The number of carbonyl (C=O) groups excluding carboxylic acids is 2. The predicted molar refractivity (Wildman–Crippen MR) is 146 cm³/mol. The predicted octanol–water partition coefficient (Wildman–Crippen LogP) is 4.29. The SMILES string of the molecule is CC[C@H](C(=O)NC1CCCC1)N(Cc1ccc(C)cc1)C(=O)CN(c1ccc(OC)c(Cl)c1)S(C)(=O)=O. The quantitative estimate of drug-likeness (QED) is 0.451. The van der Waals surface area contributed by atoms with E-state index in [0.717, 1.165) is 47.4 Å². The highest BCUT2D eigenvalue weighted by molar-refractivity contribution is 7.92. The number of sulfonamides is 1. The van der Waals surface area contributed by atoms with E-state index in [9.17, 15) is 18.0 Å². The number of methoxy groups -OCH3 is 1. The molecule has 2 aromatic carbocycles. The minimum Gasteiger partial charge on any atom is -0.495 e. The lowest BCUT2D eigenvalue weighted by Gasteiger charge is -2.33. The molecule has 10 heteroatoms. The van der Waals surface area contributed by atoms with Crippen molar-refractivity contribution in [3.8, 4) is 5.75 Å². The zero-order chi connectivity index (χ0) is 27.2. The van der Waals surface area contributed by atoms with Crippen molar-refractivity contribution in [1.82, 2.24) is 10.2 Å². The third-order valence-electron chi connectivity index (χ3n) is 6.66. The number of anilines is 1. The topological polar surface area (TPSA) is 96.0 Å². The first-order valence-corrected chi connectivity index (χ1v) is 14.7. The molecule has 0 heterocycles. The van der Waals surface area contributed by atoms with Crippen LogP contribution >= 0.6 is 11.6 Å². The van der Waals surface area contributed by atoms with Crippen molar-refractivity contribution in [2.24, 2.45) is 0 Å². The van der Waals surface area contributed by atoms with Crippen LogP contribution in [0.2, 0.25) is 5.02 Å². The van der Waals surface area contributed by atoms with Gasteiger partial charge in [0.2, 0.25) is 21.8 Å². The first-order chi connectivity index (χ1) is 17.5. The van der Waals surface area contributed by atoms with Gasteiger partial charge in [-0.15, -0.1) is 0 Å². The summed E-state index contributed by atoms with van der Waals surface area (Å²) in [6.07, 6.45) is 5.42. The summed E-state index contributed by atoms with van der Waals surface area (Å²) in [6.45, 7) is 3.53. The molecule has 0 bridgehead atoms. The minimum atomic E-state index is -3.85. The number of nitrogens with one attached hydrogen (secondary N) is 1. The zero-order valence-electron chi connectivity index (χ0n) is 21.9. The van der Waals surface area contributed by atoms with Gasteiger partial charge >= 0.3 is 0 Å². The van der Waals surface area contributed by atoms with Crippen LogP contribution in [0, 0.1) is 6.92 Å². The van der Waals surface area contributed by atoms with Gasteiger partial charge in [-0.05, 0) is 49.9 Å². The Morgan fingerprint density at radius 1 is 1.14 bits per heavy atom. The minimum absolute atomic E-state index is 0.104.